The smallest absolute Gasteiger partial charge is 0.197 e. The van der Waals surface area contributed by atoms with E-state index in [1.54, 1.807) is 6.92 Å². The first kappa shape index (κ1) is 8.71. The fourth-order valence-corrected chi connectivity index (χ4v) is 0.883. The van der Waals surface area contributed by atoms with Crippen LogP contribution in [0, 0.1) is 18.6 Å². The van der Waals surface area contributed by atoms with Gasteiger partial charge in [-0.1, -0.05) is 6.58 Å². The van der Waals surface area contributed by atoms with Crippen LogP contribution < -0.4 is 4.74 Å². The summed E-state index contributed by atoms with van der Waals surface area (Å²) < 4.78 is 30.3. The maximum atomic E-state index is 12.9. The van der Waals surface area contributed by atoms with Crippen molar-refractivity contribution >= 4 is 0 Å². The topological polar surface area (TPSA) is 9.23 Å². The van der Waals surface area contributed by atoms with Crippen molar-refractivity contribution < 1.29 is 13.5 Å². The van der Waals surface area contributed by atoms with E-state index in [1.807, 2.05) is 0 Å². The Morgan fingerprint density at radius 3 is 2.25 bits per heavy atom. The molecule has 3 heteroatoms. The van der Waals surface area contributed by atoms with Crippen molar-refractivity contribution in [2.75, 3.05) is 0 Å². The standard InChI is InChI=1S/C9H8F2O/c1-3-12-9-7(10)4-6(2)5-8(9)11/h3-5H,1H2,2H3. The minimum Gasteiger partial charge on any atom is -0.459 e. The molecule has 0 aliphatic carbocycles. The van der Waals surface area contributed by atoms with Crippen LogP contribution in [0.3, 0.4) is 0 Å². The molecular formula is C9H8F2O. The third-order valence-corrected chi connectivity index (χ3v) is 1.34. The zero-order valence-electron chi connectivity index (χ0n) is 6.60. The molecule has 12 heavy (non-hydrogen) atoms. The van der Waals surface area contributed by atoms with Crippen LogP contribution in [-0.2, 0) is 0 Å². The number of hydrogen-bond acceptors (Lipinski definition) is 1. The van der Waals surface area contributed by atoms with Gasteiger partial charge in [0.05, 0.1) is 6.26 Å². The van der Waals surface area contributed by atoms with E-state index in [0.717, 1.165) is 6.26 Å². The fraction of sp³-hybridized carbons (Fsp3) is 0.111. The van der Waals surface area contributed by atoms with Crippen LogP contribution in [0.4, 0.5) is 8.78 Å². The molecule has 1 nitrogen and oxygen atoms in total. The highest BCUT2D eigenvalue weighted by Gasteiger charge is 2.09. The van der Waals surface area contributed by atoms with Crippen LogP contribution in [0.5, 0.6) is 5.75 Å². The van der Waals surface area contributed by atoms with E-state index in [0.29, 0.717) is 5.56 Å². The molecular weight excluding hydrogens is 162 g/mol. The molecule has 1 aromatic rings. The molecule has 0 saturated carbocycles. The average molecular weight is 170 g/mol. The Hall–Kier alpha value is -1.38. The number of ether oxygens (including phenoxy) is 1. The van der Waals surface area contributed by atoms with Crippen molar-refractivity contribution in [1.82, 2.24) is 0 Å². The molecule has 0 atom stereocenters. The first-order chi connectivity index (χ1) is 5.65. The van der Waals surface area contributed by atoms with Gasteiger partial charge in [-0.2, -0.15) is 0 Å². The van der Waals surface area contributed by atoms with Crippen molar-refractivity contribution in [1.29, 1.82) is 0 Å². The van der Waals surface area contributed by atoms with E-state index in [-0.39, 0.29) is 0 Å². The van der Waals surface area contributed by atoms with Crippen LogP contribution in [-0.4, -0.2) is 0 Å². The van der Waals surface area contributed by atoms with Crippen LogP contribution in [0.25, 0.3) is 0 Å². The lowest BCUT2D eigenvalue weighted by Gasteiger charge is -2.03. The molecule has 64 valence electrons. The summed E-state index contributed by atoms with van der Waals surface area (Å²) in [5, 5.41) is 0. The van der Waals surface area contributed by atoms with Gasteiger partial charge in [-0.25, -0.2) is 8.78 Å². The second-order valence-corrected chi connectivity index (χ2v) is 2.34. The molecule has 1 rings (SSSR count). The van der Waals surface area contributed by atoms with Crippen LogP contribution >= 0.6 is 0 Å². The minimum absolute atomic E-state index is 0.407. The molecule has 0 aliphatic heterocycles. The van der Waals surface area contributed by atoms with Crippen LogP contribution in [0.15, 0.2) is 25.0 Å². The summed E-state index contributed by atoms with van der Waals surface area (Å²) >= 11 is 0. The van der Waals surface area contributed by atoms with Gasteiger partial charge in [0.2, 0.25) is 0 Å². The van der Waals surface area contributed by atoms with E-state index in [4.69, 9.17) is 0 Å². The number of hydrogen-bond donors (Lipinski definition) is 0. The predicted octanol–water partition coefficient (Wildman–Crippen LogP) is 2.80. The maximum absolute atomic E-state index is 12.9. The Morgan fingerprint density at radius 1 is 1.33 bits per heavy atom. The summed E-state index contributed by atoms with van der Waals surface area (Å²) in [6.07, 6.45) is 0.983. The molecule has 0 N–H and O–H groups in total. The van der Waals surface area contributed by atoms with Gasteiger partial charge in [0.25, 0.3) is 0 Å². The lowest BCUT2D eigenvalue weighted by Crippen LogP contribution is -1.92. The first-order valence-corrected chi connectivity index (χ1v) is 3.38. The molecule has 0 heterocycles. The predicted molar refractivity (Wildman–Crippen MR) is 41.9 cm³/mol. The van der Waals surface area contributed by atoms with Gasteiger partial charge in [-0.3, -0.25) is 0 Å². The van der Waals surface area contributed by atoms with Crippen molar-refractivity contribution in [3.63, 3.8) is 0 Å². The van der Waals surface area contributed by atoms with E-state index in [2.05, 4.69) is 11.3 Å². The van der Waals surface area contributed by atoms with Gasteiger partial charge in [0.1, 0.15) is 0 Å². The number of aryl methyl sites for hydroxylation is 1. The zero-order valence-corrected chi connectivity index (χ0v) is 6.60. The SMILES string of the molecule is C=COc1c(F)cc(C)cc1F. The Morgan fingerprint density at radius 2 is 1.83 bits per heavy atom. The highest BCUT2D eigenvalue weighted by Crippen LogP contribution is 2.22. The highest BCUT2D eigenvalue weighted by molar-refractivity contribution is 5.31. The van der Waals surface area contributed by atoms with Crippen molar-refractivity contribution in [3.8, 4) is 5.75 Å². The quantitative estimate of drug-likeness (QED) is 0.620. The van der Waals surface area contributed by atoms with Crippen LogP contribution in [0.2, 0.25) is 0 Å². The second-order valence-electron chi connectivity index (χ2n) is 2.34. The highest BCUT2D eigenvalue weighted by atomic mass is 19.1. The largest absolute Gasteiger partial charge is 0.459 e. The Bertz CT molecular complexity index is 284. The molecule has 0 amide bonds. The molecule has 0 aromatic heterocycles. The monoisotopic (exact) mass is 170 g/mol. The lowest BCUT2D eigenvalue weighted by atomic mass is 10.2. The number of benzene rings is 1. The summed E-state index contributed by atoms with van der Waals surface area (Å²) in [6, 6.07) is 2.39. The van der Waals surface area contributed by atoms with E-state index >= 15 is 0 Å². The van der Waals surface area contributed by atoms with Gasteiger partial charge in [0.15, 0.2) is 17.4 Å². The van der Waals surface area contributed by atoms with Crippen molar-refractivity contribution in [2.45, 2.75) is 6.92 Å². The van der Waals surface area contributed by atoms with E-state index < -0.39 is 17.4 Å². The van der Waals surface area contributed by atoms with Gasteiger partial charge in [0, 0.05) is 0 Å². The lowest BCUT2D eigenvalue weighted by molar-refractivity contribution is 0.406. The maximum Gasteiger partial charge on any atom is 0.197 e. The Kier molecular flexibility index (Phi) is 2.43. The van der Waals surface area contributed by atoms with Gasteiger partial charge >= 0.3 is 0 Å². The average Bonchev–Trinajstić information content (AvgIpc) is 1.96. The summed E-state index contributed by atoms with van der Waals surface area (Å²) in [5.74, 6) is -1.84. The van der Waals surface area contributed by atoms with Crippen molar-refractivity contribution in [2.24, 2.45) is 0 Å². The summed E-state index contributed by atoms with van der Waals surface area (Å²) in [7, 11) is 0. The Labute approximate surface area is 69.3 Å². The molecule has 0 unspecified atom stereocenters. The molecule has 0 aliphatic rings. The molecule has 0 spiro atoms. The third-order valence-electron chi connectivity index (χ3n) is 1.34. The minimum atomic E-state index is -0.715. The zero-order chi connectivity index (χ0) is 9.14. The second kappa shape index (κ2) is 3.34. The molecule has 0 bridgehead atoms. The summed E-state index contributed by atoms with van der Waals surface area (Å²) in [4.78, 5) is 0. The Balaban J connectivity index is 3.18. The molecule has 0 fully saturated rings. The van der Waals surface area contributed by atoms with Crippen LogP contribution in [0.1, 0.15) is 5.56 Å². The third kappa shape index (κ3) is 1.61. The normalized spacial score (nSPS) is 9.58. The van der Waals surface area contributed by atoms with E-state index in [1.165, 1.54) is 12.1 Å². The summed E-state index contributed by atoms with van der Waals surface area (Å²) in [5.41, 5.74) is 0.515. The summed E-state index contributed by atoms with van der Waals surface area (Å²) in [6.45, 7) is 4.81. The van der Waals surface area contributed by atoms with Crippen molar-refractivity contribution in [3.05, 3.63) is 42.2 Å². The van der Waals surface area contributed by atoms with E-state index in [9.17, 15) is 8.78 Å². The van der Waals surface area contributed by atoms with Gasteiger partial charge < -0.3 is 4.74 Å². The molecule has 0 saturated heterocycles. The fourth-order valence-electron chi connectivity index (χ4n) is 0.883. The first-order valence-electron chi connectivity index (χ1n) is 3.38. The number of rotatable bonds is 2. The molecule has 0 radical (unpaired) electrons. The van der Waals surface area contributed by atoms with Gasteiger partial charge in [-0.15, -0.1) is 0 Å². The molecule has 1 aromatic carbocycles. The number of halogens is 2. The van der Waals surface area contributed by atoms with Gasteiger partial charge in [-0.05, 0) is 24.6 Å².